The van der Waals surface area contributed by atoms with Gasteiger partial charge in [0.1, 0.15) is 23.2 Å². The number of imidazole rings is 1. The van der Waals surface area contributed by atoms with E-state index in [0.29, 0.717) is 37.0 Å². The van der Waals surface area contributed by atoms with Crippen molar-refractivity contribution >= 4 is 39.2 Å². The van der Waals surface area contributed by atoms with Crippen molar-refractivity contribution in [1.29, 1.82) is 0 Å². The van der Waals surface area contributed by atoms with Gasteiger partial charge in [0.15, 0.2) is 5.13 Å². The van der Waals surface area contributed by atoms with E-state index in [1.54, 1.807) is 31.0 Å². The van der Waals surface area contributed by atoms with Gasteiger partial charge in [-0.1, -0.05) is 11.3 Å². The minimum absolute atomic E-state index is 0.117. The van der Waals surface area contributed by atoms with Crippen molar-refractivity contribution in [2.75, 3.05) is 18.4 Å². The summed E-state index contributed by atoms with van der Waals surface area (Å²) in [5.41, 5.74) is 1.60. The van der Waals surface area contributed by atoms with Crippen LogP contribution in [0.3, 0.4) is 0 Å². The predicted octanol–water partition coefficient (Wildman–Crippen LogP) is 1.48. The third kappa shape index (κ3) is 4.72. The quantitative estimate of drug-likeness (QED) is 0.351. The largest absolute Gasteiger partial charge is 0.392 e. The molecule has 5 N–H and O–H groups in total. The highest BCUT2D eigenvalue weighted by Crippen LogP contribution is 2.32. The number of allylic oxidation sites excluding steroid dienone is 2. The summed E-state index contributed by atoms with van der Waals surface area (Å²) >= 11 is 1.35. The number of hydrogen-bond donors (Lipinski definition) is 5. The highest BCUT2D eigenvalue weighted by Gasteiger charge is 2.27. The molecule has 3 aromatic rings. The van der Waals surface area contributed by atoms with Crippen LogP contribution in [0.1, 0.15) is 17.3 Å². The first-order valence-electron chi connectivity index (χ1n) is 10.6. The molecule has 172 valence electrons. The second kappa shape index (κ2) is 9.25. The number of amides is 1. The summed E-state index contributed by atoms with van der Waals surface area (Å²) in [6.45, 7) is 1.41. The molecule has 2 aliphatic rings. The third-order valence-corrected chi connectivity index (χ3v) is 6.49. The number of dihydropyridines is 1. The zero-order valence-electron chi connectivity index (χ0n) is 17.5. The number of pyridine rings is 1. The van der Waals surface area contributed by atoms with Crippen molar-refractivity contribution in [3.8, 4) is 0 Å². The standard InChI is InChI=1S/C21H23FN8O2S/c22-13-2-1-3-23-19(13)17-10-27-21(33-17)29-18-7-16-15(9-26-18)28-11-30(16)5-4-24-20(32)14-6-12(31)8-25-14/h1-3,7,9-12,14,19,23,25,31H,4-6,8H2,(H,24,32)(H,26,27,29)/t12-,14+,19?/m1/s1. The van der Waals surface area contributed by atoms with Crippen LogP contribution in [0.4, 0.5) is 15.3 Å². The zero-order valence-corrected chi connectivity index (χ0v) is 18.3. The fourth-order valence-electron chi connectivity index (χ4n) is 3.82. The van der Waals surface area contributed by atoms with E-state index in [4.69, 9.17) is 0 Å². The number of rotatable bonds is 7. The van der Waals surface area contributed by atoms with Gasteiger partial charge in [0.05, 0.1) is 35.1 Å². The molecule has 10 nitrogen and oxygen atoms in total. The molecular weight excluding hydrogens is 447 g/mol. The smallest absolute Gasteiger partial charge is 0.237 e. The van der Waals surface area contributed by atoms with Gasteiger partial charge in [-0.05, 0) is 24.8 Å². The van der Waals surface area contributed by atoms with Crippen molar-refractivity contribution in [2.45, 2.75) is 31.2 Å². The summed E-state index contributed by atoms with van der Waals surface area (Å²) in [7, 11) is 0. The molecule has 12 heteroatoms. The second-order valence-corrected chi connectivity index (χ2v) is 8.90. The molecule has 0 aromatic carbocycles. The Bertz CT molecular complexity index is 1220. The Kier molecular flexibility index (Phi) is 6.03. The first-order valence-corrected chi connectivity index (χ1v) is 11.4. The number of carbonyl (C=O) groups is 1. The van der Waals surface area contributed by atoms with Crippen molar-refractivity contribution in [2.24, 2.45) is 0 Å². The van der Waals surface area contributed by atoms with Gasteiger partial charge >= 0.3 is 0 Å². The van der Waals surface area contributed by atoms with Crippen LogP contribution >= 0.6 is 11.3 Å². The Balaban J connectivity index is 1.23. The molecule has 3 atom stereocenters. The van der Waals surface area contributed by atoms with Gasteiger partial charge in [-0.3, -0.25) is 4.79 Å². The number of β-amino-alcohol motifs (C(OH)–C–C–N with tert-alkyl or cyclic N) is 1. The molecule has 0 radical (unpaired) electrons. The number of aromatic nitrogens is 4. The van der Waals surface area contributed by atoms with Crippen LogP contribution in [-0.2, 0) is 11.3 Å². The van der Waals surface area contributed by atoms with Crippen molar-refractivity contribution in [3.05, 3.63) is 53.8 Å². The molecule has 0 spiro atoms. The van der Waals surface area contributed by atoms with E-state index in [0.717, 1.165) is 15.9 Å². The highest BCUT2D eigenvalue weighted by molar-refractivity contribution is 7.15. The molecule has 5 heterocycles. The number of aliphatic hydroxyl groups excluding tert-OH is 1. The number of halogens is 1. The van der Waals surface area contributed by atoms with Gasteiger partial charge in [-0.15, -0.1) is 0 Å². The maximum Gasteiger partial charge on any atom is 0.237 e. The number of fused-ring (bicyclic) bond motifs is 1. The Morgan fingerprint density at radius 1 is 1.33 bits per heavy atom. The Hall–Kier alpha value is -3.35. The lowest BCUT2D eigenvalue weighted by molar-refractivity contribution is -0.122. The lowest BCUT2D eigenvalue weighted by Crippen LogP contribution is -2.41. The summed E-state index contributed by atoms with van der Waals surface area (Å²) in [5, 5.41) is 22.2. The molecule has 33 heavy (non-hydrogen) atoms. The first kappa shape index (κ1) is 21.5. The number of nitrogens with one attached hydrogen (secondary N) is 4. The fraction of sp³-hybridized carbons (Fsp3) is 0.333. The van der Waals surface area contributed by atoms with Crippen LogP contribution in [0.15, 0.2) is 49.0 Å². The van der Waals surface area contributed by atoms with Gasteiger partial charge in [0, 0.05) is 31.9 Å². The number of hydrogen-bond acceptors (Lipinski definition) is 9. The van der Waals surface area contributed by atoms with E-state index in [1.807, 2.05) is 10.6 Å². The van der Waals surface area contributed by atoms with Gasteiger partial charge in [-0.25, -0.2) is 19.3 Å². The molecule has 1 fully saturated rings. The molecule has 0 aliphatic carbocycles. The molecule has 1 unspecified atom stereocenters. The third-order valence-electron chi connectivity index (χ3n) is 5.52. The van der Waals surface area contributed by atoms with Crippen LogP contribution < -0.4 is 21.3 Å². The molecule has 0 bridgehead atoms. The summed E-state index contributed by atoms with van der Waals surface area (Å²) in [6, 6.07) is 0.978. The van der Waals surface area contributed by atoms with Gasteiger partial charge in [0.25, 0.3) is 0 Å². The average Bonchev–Trinajstić information content (AvgIpc) is 3.55. The van der Waals surface area contributed by atoms with Gasteiger partial charge in [-0.2, -0.15) is 0 Å². The molecule has 5 rings (SSSR count). The Labute approximate surface area is 192 Å². The number of nitrogens with zero attached hydrogens (tertiary/aromatic N) is 4. The minimum Gasteiger partial charge on any atom is -0.392 e. The lowest BCUT2D eigenvalue weighted by atomic mass is 10.2. The second-order valence-electron chi connectivity index (χ2n) is 7.84. The Morgan fingerprint density at radius 2 is 2.24 bits per heavy atom. The van der Waals surface area contributed by atoms with Crippen molar-refractivity contribution in [3.63, 3.8) is 0 Å². The van der Waals surface area contributed by atoms with E-state index >= 15 is 0 Å². The first-order chi connectivity index (χ1) is 16.1. The number of anilines is 2. The zero-order chi connectivity index (χ0) is 22.8. The van der Waals surface area contributed by atoms with E-state index in [1.165, 1.54) is 17.4 Å². The molecule has 0 saturated carbocycles. The van der Waals surface area contributed by atoms with Crippen LogP contribution in [0.25, 0.3) is 11.0 Å². The summed E-state index contributed by atoms with van der Waals surface area (Å²) < 4.78 is 16.0. The SMILES string of the molecule is O=C(NCCn1cnc2cnc(Nc3ncc(C4NC=CC=C4F)s3)cc21)[C@@H]1C[C@@H](O)CN1. The van der Waals surface area contributed by atoms with Crippen LogP contribution in [0.5, 0.6) is 0 Å². The maximum absolute atomic E-state index is 14.1. The molecule has 1 saturated heterocycles. The van der Waals surface area contributed by atoms with E-state index in [-0.39, 0.29) is 17.8 Å². The lowest BCUT2D eigenvalue weighted by Gasteiger charge is -2.15. The predicted molar refractivity (Wildman–Crippen MR) is 123 cm³/mol. The number of carbonyl (C=O) groups excluding carboxylic acids is 1. The van der Waals surface area contributed by atoms with Crippen LogP contribution in [0.2, 0.25) is 0 Å². The normalized spacial score (nSPS) is 22.2. The molecule has 1 amide bonds. The van der Waals surface area contributed by atoms with E-state index < -0.39 is 12.1 Å². The van der Waals surface area contributed by atoms with Gasteiger partial charge in [0.2, 0.25) is 5.91 Å². The van der Waals surface area contributed by atoms with E-state index in [2.05, 4.69) is 36.2 Å². The maximum atomic E-state index is 14.1. The van der Waals surface area contributed by atoms with Crippen LogP contribution in [-0.4, -0.2) is 55.8 Å². The topological polar surface area (TPSA) is 129 Å². The molecule has 2 aliphatic heterocycles. The number of thiazole rings is 1. The number of aliphatic hydroxyl groups is 1. The van der Waals surface area contributed by atoms with E-state index in [9.17, 15) is 14.3 Å². The minimum atomic E-state index is -0.530. The summed E-state index contributed by atoms with van der Waals surface area (Å²) in [5.74, 6) is 0.211. The summed E-state index contributed by atoms with van der Waals surface area (Å²) in [6.07, 6.45) is 9.72. The van der Waals surface area contributed by atoms with Crippen molar-refractivity contribution < 1.29 is 14.3 Å². The molecular formula is C21H23FN8O2S. The average molecular weight is 471 g/mol. The fourth-order valence-corrected chi connectivity index (χ4v) is 4.71. The molecule has 3 aromatic heterocycles. The summed E-state index contributed by atoms with van der Waals surface area (Å²) in [4.78, 5) is 26.0. The monoisotopic (exact) mass is 470 g/mol. The van der Waals surface area contributed by atoms with Crippen LogP contribution in [0, 0.1) is 0 Å². The van der Waals surface area contributed by atoms with Gasteiger partial charge < -0.3 is 30.9 Å². The Morgan fingerprint density at radius 3 is 3.06 bits per heavy atom. The highest BCUT2D eigenvalue weighted by atomic mass is 32.1. The van der Waals surface area contributed by atoms with Crippen molar-refractivity contribution in [1.82, 2.24) is 35.5 Å².